The predicted molar refractivity (Wildman–Crippen MR) is 50.3 cm³/mol. The van der Waals surface area contributed by atoms with Gasteiger partial charge in [0.05, 0.1) is 7.11 Å². The van der Waals surface area contributed by atoms with Crippen molar-refractivity contribution in [2.75, 3.05) is 27.7 Å². The van der Waals surface area contributed by atoms with Gasteiger partial charge in [0.25, 0.3) is 5.91 Å². The zero-order valence-electron chi connectivity index (χ0n) is 7.63. The molecule has 0 saturated heterocycles. The topological polar surface area (TPSA) is 53.6 Å². The van der Waals surface area contributed by atoms with E-state index < -0.39 is 0 Å². The number of nitrogens with zero attached hydrogens (tertiary/aromatic N) is 1. The molecule has 0 spiro atoms. The molecule has 2 N–H and O–H groups in total. The Morgan fingerprint density at radius 2 is 2.33 bits per heavy atom. The lowest BCUT2D eigenvalue weighted by Crippen LogP contribution is -2.47. The van der Waals surface area contributed by atoms with Crippen LogP contribution in [0.25, 0.3) is 0 Å². The second kappa shape index (κ2) is 6.31. The number of hydrogen-bond acceptors (Lipinski definition) is 4. The summed E-state index contributed by atoms with van der Waals surface area (Å²) in [6.45, 7) is 0.549. The van der Waals surface area contributed by atoms with Gasteiger partial charge in [-0.25, -0.2) is 5.06 Å². The van der Waals surface area contributed by atoms with Crippen LogP contribution in [0, 0.1) is 0 Å². The van der Waals surface area contributed by atoms with Gasteiger partial charge in [-0.15, -0.1) is 0 Å². The number of carbonyl (C=O) groups is 1. The first-order valence-electron chi connectivity index (χ1n) is 3.59. The third-order valence-electron chi connectivity index (χ3n) is 1.55. The summed E-state index contributed by atoms with van der Waals surface area (Å²) in [6, 6.07) is -0.257. The van der Waals surface area contributed by atoms with Crippen molar-refractivity contribution in [1.29, 1.82) is 0 Å². The number of likely N-dealkylation sites (N-methyl/N-ethyl adjacent to an activating group) is 2. The van der Waals surface area contributed by atoms with E-state index in [1.54, 1.807) is 14.1 Å². The number of carbonyl (C=O) groups excluding carboxylic acids is 1. The van der Waals surface area contributed by atoms with Gasteiger partial charge in [0.2, 0.25) is 0 Å². The van der Waals surface area contributed by atoms with Crippen LogP contribution >= 0.6 is 9.39 Å². The van der Waals surface area contributed by atoms with E-state index in [4.69, 9.17) is 4.84 Å². The molecule has 6 heteroatoms. The molecule has 2 unspecified atom stereocenters. The normalized spacial score (nSPS) is 12.7. The molecule has 0 saturated carbocycles. The van der Waals surface area contributed by atoms with Crippen molar-refractivity contribution in [1.82, 2.24) is 15.5 Å². The van der Waals surface area contributed by atoms with Crippen LogP contribution in [0.15, 0.2) is 0 Å². The Labute approximate surface area is 75.0 Å². The SMILES string of the molecule is CNC(CNP)C(=O)N(C)OC. The fourth-order valence-electron chi connectivity index (χ4n) is 0.740. The van der Waals surface area contributed by atoms with Gasteiger partial charge in [0, 0.05) is 13.6 Å². The molecule has 0 aromatic heterocycles. The van der Waals surface area contributed by atoms with Crippen LogP contribution in [0.2, 0.25) is 0 Å². The Morgan fingerprint density at radius 3 is 2.67 bits per heavy atom. The van der Waals surface area contributed by atoms with Gasteiger partial charge in [-0.3, -0.25) is 14.7 Å². The van der Waals surface area contributed by atoms with Crippen molar-refractivity contribution in [2.24, 2.45) is 0 Å². The van der Waals surface area contributed by atoms with Gasteiger partial charge >= 0.3 is 0 Å². The maximum Gasteiger partial charge on any atom is 0.264 e. The highest BCUT2D eigenvalue weighted by Crippen LogP contribution is 1.91. The second-order valence-corrected chi connectivity index (χ2v) is 2.68. The molecule has 0 aromatic rings. The minimum Gasteiger partial charge on any atom is -0.308 e. The summed E-state index contributed by atoms with van der Waals surface area (Å²) in [6.07, 6.45) is 0. The fraction of sp³-hybridized carbons (Fsp3) is 0.833. The maximum atomic E-state index is 11.4. The van der Waals surface area contributed by atoms with Crippen LogP contribution in [0.3, 0.4) is 0 Å². The van der Waals surface area contributed by atoms with Crippen LogP contribution in [0.1, 0.15) is 0 Å². The van der Waals surface area contributed by atoms with Crippen LogP contribution in [-0.2, 0) is 9.63 Å². The average molecular weight is 193 g/mol. The van der Waals surface area contributed by atoms with Crippen LogP contribution < -0.4 is 10.4 Å². The lowest BCUT2D eigenvalue weighted by atomic mass is 10.3. The summed E-state index contributed by atoms with van der Waals surface area (Å²) in [5, 5.41) is 6.90. The number of nitrogens with one attached hydrogen (secondary N) is 2. The molecule has 72 valence electrons. The monoisotopic (exact) mass is 193 g/mol. The van der Waals surface area contributed by atoms with Crippen molar-refractivity contribution in [3.8, 4) is 0 Å². The minimum absolute atomic E-state index is 0.102. The van der Waals surface area contributed by atoms with Gasteiger partial charge in [-0.1, -0.05) is 9.39 Å². The highest BCUT2D eigenvalue weighted by Gasteiger charge is 2.19. The molecule has 0 rings (SSSR count). The summed E-state index contributed by atoms with van der Waals surface area (Å²) in [4.78, 5) is 16.1. The molecule has 5 nitrogen and oxygen atoms in total. The van der Waals surface area contributed by atoms with Gasteiger partial charge in [-0.05, 0) is 7.05 Å². The third-order valence-corrected chi connectivity index (χ3v) is 1.79. The molecule has 12 heavy (non-hydrogen) atoms. The number of hydrogen-bond donors (Lipinski definition) is 2. The Kier molecular flexibility index (Phi) is 6.20. The highest BCUT2D eigenvalue weighted by atomic mass is 31.0. The maximum absolute atomic E-state index is 11.4. The second-order valence-electron chi connectivity index (χ2n) is 2.27. The molecule has 0 aliphatic rings. The summed E-state index contributed by atoms with van der Waals surface area (Å²) >= 11 is 0. The zero-order chi connectivity index (χ0) is 9.56. The van der Waals surface area contributed by atoms with Crippen molar-refractivity contribution >= 4 is 15.3 Å². The minimum atomic E-state index is -0.257. The quantitative estimate of drug-likeness (QED) is 0.433. The van der Waals surface area contributed by atoms with E-state index in [-0.39, 0.29) is 11.9 Å². The van der Waals surface area contributed by atoms with Gasteiger partial charge < -0.3 is 5.32 Å². The molecule has 0 aromatic carbocycles. The molecule has 0 bridgehead atoms. The van der Waals surface area contributed by atoms with Gasteiger partial charge in [0.1, 0.15) is 6.04 Å². The highest BCUT2D eigenvalue weighted by molar-refractivity contribution is 7.13. The van der Waals surface area contributed by atoms with E-state index in [0.717, 1.165) is 0 Å². The fourth-order valence-corrected chi connectivity index (χ4v) is 0.976. The molecule has 0 fully saturated rings. The first-order valence-corrected chi connectivity index (χ1v) is 4.17. The summed E-state index contributed by atoms with van der Waals surface area (Å²) in [5.74, 6) is -0.102. The lowest BCUT2D eigenvalue weighted by molar-refractivity contribution is -0.170. The van der Waals surface area contributed by atoms with E-state index in [1.165, 1.54) is 12.2 Å². The lowest BCUT2D eigenvalue weighted by Gasteiger charge is -2.20. The van der Waals surface area contributed by atoms with E-state index in [0.29, 0.717) is 6.54 Å². The first-order chi connectivity index (χ1) is 5.67. The van der Waals surface area contributed by atoms with E-state index >= 15 is 0 Å². The Hall–Kier alpha value is -0.220. The zero-order valence-corrected chi connectivity index (χ0v) is 8.78. The van der Waals surface area contributed by atoms with Crippen LogP contribution in [0.5, 0.6) is 0 Å². The molecule has 0 heterocycles. The average Bonchev–Trinajstić information content (AvgIpc) is 2.11. The standard InChI is InChI=1S/C6H16N3O2P/c1-7-5(4-8-12)6(10)9(2)11-3/h5,7-8H,4,12H2,1-3H3. The molecular weight excluding hydrogens is 177 g/mol. The van der Waals surface area contributed by atoms with E-state index in [1.807, 2.05) is 0 Å². The smallest absolute Gasteiger partial charge is 0.264 e. The molecule has 0 aliphatic carbocycles. The Balaban J connectivity index is 4.01. The van der Waals surface area contributed by atoms with Crippen molar-refractivity contribution in [3.63, 3.8) is 0 Å². The third kappa shape index (κ3) is 3.45. The molecule has 0 radical (unpaired) electrons. The van der Waals surface area contributed by atoms with Gasteiger partial charge in [-0.2, -0.15) is 0 Å². The van der Waals surface area contributed by atoms with E-state index in [9.17, 15) is 4.79 Å². The summed E-state index contributed by atoms with van der Waals surface area (Å²) in [7, 11) is 7.11. The molecule has 2 atom stereocenters. The molecule has 1 amide bonds. The number of rotatable bonds is 5. The molecule has 0 aliphatic heterocycles. The summed E-state index contributed by atoms with van der Waals surface area (Å²) < 4.78 is 0. The molecular formula is C6H16N3O2P. The Morgan fingerprint density at radius 1 is 1.75 bits per heavy atom. The van der Waals surface area contributed by atoms with Gasteiger partial charge in [0.15, 0.2) is 0 Å². The largest absolute Gasteiger partial charge is 0.308 e. The van der Waals surface area contributed by atoms with Crippen molar-refractivity contribution < 1.29 is 9.63 Å². The van der Waals surface area contributed by atoms with Crippen LogP contribution in [-0.4, -0.2) is 44.8 Å². The van der Waals surface area contributed by atoms with Crippen LogP contribution in [0.4, 0.5) is 0 Å². The first kappa shape index (κ1) is 11.8. The number of hydroxylamine groups is 2. The summed E-state index contributed by atoms with van der Waals surface area (Å²) in [5.41, 5.74) is 0. The predicted octanol–water partition coefficient (Wildman–Crippen LogP) is -1.03. The van der Waals surface area contributed by atoms with Crippen molar-refractivity contribution in [3.05, 3.63) is 0 Å². The number of amides is 1. The van der Waals surface area contributed by atoms with Crippen molar-refractivity contribution in [2.45, 2.75) is 6.04 Å². The van der Waals surface area contributed by atoms with E-state index in [2.05, 4.69) is 19.8 Å². The Bertz CT molecular complexity index is 145.